The van der Waals surface area contributed by atoms with Crippen LogP contribution in [-0.2, 0) is 14.3 Å². The zero-order valence-electron chi connectivity index (χ0n) is 9.96. The van der Waals surface area contributed by atoms with Crippen molar-refractivity contribution in [3.63, 3.8) is 0 Å². The van der Waals surface area contributed by atoms with Gasteiger partial charge in [0.25, 0.3) is 0 Å². The fraction of sp³-hybridized carbons (Fsp3) is 0.462. The Bertz CT molecular complexity index is 374. The highest BCUT2D eigenvalue weighted by Crippen LogP contribution is 2.29. The van der Waals surface area contributed by atoms with Gasteiger partial charge in [-0.3, -0.25) is 0 Å². The van der Waals surface area contributed by atoms with Gasteiger partial charge >= 0.3 is 0 Å². The van der Waals surface area contributed by atoms with Crippen molar-refractivity contribution < 1.29 is 19.0 Å². The van der Waals surface area contributed by atoms with Gasteiger partial charge in [0.2, 0.25) is 0 Å². The molecule has 92 valence electrons. The van der Waals surface area contributed by atoms with E-state index in [1.165, 1.54) is 0 Å². The van der Waals surface area contributed by atoms with E-state index in [-0.39, 0.29) is 5.92 Å². The number of hydrogen-bond acceptors (Lipinski definition) is 4. The molecule has 17 heavy (non-hydrogen) atoms. The Morgan fingerprint density at radius 2 is 2.06 bits per heavy atom. The highest BCUT2D eigenvalue weighted by atomic mass is 16.7. The maximum absolute atomic E-state index is 10.8. The molecule has 0 bridgehead atoms. The molecule has 1 aliphatic heterocycles. The Hall–Kier alpha value is -1.39. The van der Waals surface area contributed by atoms with E-state index in [1.807, 2.05) is 31.2 Å². The van der Waals surface area contributed by atoms with Crippen LogP contribution in [0.3, 0.4) is 0 Å². The van der Waals surface area contributed by atoms with Crippen molar-refractivity contribution in [2.24, 2.45) is 5.92 Å². The highest BCUT2D eigenvalue weighted by Gasteiger charge is 2.29. The number of carbonyl (C=O) groups excluding carboxylic acids is 1. The van der Waals surface area contributed by atoms with E-state index in [1.54, 1.807) is 7.11 Å². The summed E-state index contributed by atoms with van der Waals surface area (Å²) in [5, 5.41) is 0. The Labute approximate surface area is 100 Å². The Kier molecular flexibility index (Phi) is 3.76. The molecule has 1 unspecified atom stereocenters. The molecular weight excluding hydrogens is 220 g/mol. The molecule has 1 fully saturated rings. The average Bonchev–Trinajstić information content (AvgIpc) is 2.39. The van der Waals surface area contributed by atoms with Crippen LogP contribution in [0.4, 0.5) is 0 Å². The Morgan fingerprint density at radius 1 is 1.35 bits per heavy atom. The van der Waals surface area contributed by atoms with Crippen molar-refractivity contribution in [3.8, 4) is 5.75 Å². The number of benzene rings is 1. The quantitative estimate of drug-likeness (QED) is 0.752. The number of methoxy groups -OCH3 is 1. The third-order valence-electron chi connectivity index (χ3n) is 2.87. The molecule has 2 rings (SSSR count). The van der Waals surface area contributed by atoms with Gasteiger partial charge < -0.3 is 19.0 Å². The summed E-state index contributed by atoms with van der Waals surface area (Å²) in [6.07, 6.45) is -0.0212. The Balaban J connectivity index is 2.09. The molecule has 1 aromatic carbocycles. The van der Waals surface area contributed by atoms with Gasteiger partial charge in [-0.15, -0.1) is 0 Å². The minimum Gasteiger partial charge on any atom is -0.497 e. The molecule has 4 heteroatoms. The third-order valence-corrected chi connectivity index (χ3v) is 2.87. The number of ether oxygens (including phenoxy) is 3. The van der Waals surface area contributed by atoms with Crippen LogP contribution in [-0.4, -0.2) is 26.1 Å². The first-order chi connectivity index (χ1) is 8.24. The summed E-state index contributed by atoms with van der Waals surface area (Å²) < 4.78 is 16.2. The lowest BCUT2D eigenvalue weighted by Gasteiger charge is -2.32. The molecule has 4 nitrogen and oxygen atoms in total. The van der Waals surface area contributed by atoms with E-state index >= 15 is 0 Å². The molecule has 0 spiro atoms. The summed E-state index contributed by atoms with van der Waals surface area (Å²) in [4.78, 5) is 10.8. The fourth-order valence-corrected chi connectivity index (χ4v) is 1.75. The molecule has 1 heterocycles. The average molecular weight is 236 g/mol. The van der Waals surface area contributed by atoms with Crippen molar-refractivity contribution in [3.05, 3.63) is 29.8 Å². The van der Waals surface area contributed by atoms with Gasteiger partial charge in [0.1, 0.15) is 18.1 Å². The zero-order valence-corrected chi connectivity index (χ0v) is 9.96. The van der Waals surface area contributed by atoms with Gasteiger partial charge in [-0.05, 0) is 12.1 Å². The van der Waals surface area contributed by atoms with Gasteiger partial charge in [-0.1, -0.05) is 19.1 Å². The zero-order chi connectivity index (χ0) is 12.3. The van der Waals surface area contributed by atoms with Crippen LogP contribution >= 0.6 is 0 Å². The van der Waals surface area contributed by atoms with E-state index in [4.69, 9.17) is 14.2 Å². The third kappa shape index (κ3) is 2.65. The standard InChI is InChI=1S/C13H16O4/c1-9-8-16-13(17-12(9)7-14)10-3-5-11(15-2)6-4-10/h3-7,9,12-13H,8H2,1-2H3/t9-,12+,13?/m1/s1. The summed E-state index contributed by atoms with van der Waals surface area (Å²) in [6.45, 7) is 2.46. The molecule has 3 atom stereocenters. The lowest BCUT2D eigenvalue weighted by atomic mass is 10.1. The predicted molar refractivity (Wildman–Crippen MR) is 61.8 cm³/mol. The van der Waals surface area contributed by atoms with Crippen LogP contribution in [0.25, 0.3) is 0 Å². The van der Waals surface area contributed by atoms with Crippen molar-refractivity contribution >= 4 is 6.29 Å². The molecule has 0 saturated carbocycles. The molecule has 0 amide bonds. The van der Waals surface area contributed by atoms with Gasteiger partial charge in [-0.25, -0.2) is 0 Å². The maximum atomic E-state index is 10.8. The van der Waals surface area contributed by atoms with E-state index < -0.39 is 12.4 Å². The number of carbonyl (C=O) groups is 1. The van der Waals surface area contributed by atoms with Gasteiger partial charge in [0, 0.05) is 11.5 Å². The highest BCUT2D eigenvalue weighted by molar-refractivity contribution is 5.56. The van der Waals surface area contributed by atoms with Crippen LogP contribution in [0.2, 0.25) is 0 Å². The number of aldehydes is 1. The van der Waals surface area contributed by atoms with E-state index in [2.05, 4.69) is 0 Å². The van der Waals surface area contributed by atoms with Crippen LogP contribution in [0.15, 0.2) is 24.3 Å². The molecule has 0 aromatic heterocycles. The fourth-order valence-electron chi connectivity index (χ4n) is 1.75. The molecule has 1 saturated heterocycles. The molecule has 0 radical (unpaired) electrons. The van der Waals surface area contributed by atoms with Gasteiger partial charge in [-0.2, -0.15) is 0 Å². The summed E-state index contributed by atoms with van der Waals surface area (Å²) in [5.41, 5.74) is 0.893. The summed E-state index contributed by atoms with van der Waals surface area (Å²) in [5.74, 6) is 0.881. The maximum Gasteiger partial charge on any atom is 0.184 e. The molecule has 0 N–H and O–H groups in total. The molecule has 1 aromatic rings. The topological polar surface area (TPSA) is 44.8 Å². The first-order valence-corrected chi connectivity index (χ1v) is 5.61. The monoisotopic (exact) mass is 236 g/mol. The largest absolute Gasteiger partial charge is 0.497 e. The van der Waals surface area contributed by atoms with Crippen LogP contribution < -0.4 is 4.74 Å². The van der Waals surface area contributed by atoms with E-state index in [9.17, 15) is 4.79 Å². The van der Waals surface area contributed by atoms with E-state index in [0.29, 0.717) is 6.61 Å². The first kappa shape index (κ1) is 12.1. The van der Waals surface area contributed by atoms with Gasteiger partial charge in [0.05, 0.1) is 13.7 Å². The molecular formula is C13H16O4. The van der Waals surface area contributed by atoms with Crippen LogP contribution in [0.5, 0.6) is 5.75 Å². The second-order valence-corrected chi connectivity index (χ2v) is 4.15. The molecule has 0 aliphatic carbocycles. The molecule has 1 aliphatic rings. The van der Waals surface area contributed by atoms with Crippen LogP contribution in [0.1, 0.15) is 18.8 Å². The van der Waals surface area contributed by atoms with Crippen LogP contribution in [0, 0.1) is 5.92 Å². The number of hydrogen-bond donors (Lipinski definition) is 0. The van der Waals surface area contributed by atoms with Crippen molar-refractivity contribution in [2.75, 3.05) is 13.7 Å². The predicted octanol–water partition coefficient (Wildman–Crippen LogP) is 1.94. The SMILES string of the molecule is COc1ccc(C2OC[C@@H](C)[C@H](C=O)O2)cc1. The normalized spacial score (nSPS) is 28.7. The summed E-state index contributed by atoms with van der Waals surface area (Å²) >= 11 is 0. The minimum atomic E-state index is -0.465. The summed E-state index contributed by atoms with van der Waals surface area (Å²) in [7, 11) is 1.62. The lowest BCUT2D eigenvalue weighted by molar-refractivity contribution is -0.230. The summed E-state index contributed by atoms with van der Waals surface area (Å²) in [6, 6.07) is 7.44. The van der Waals surface area contributed by atoms with Crippen molar-refractivity contribution in [2.45, 2.75) is 19.3 Å². The minimum absolute atomic E-state index is 0.0991. The van der Waals surface area contributed by atoms with Crippen molar-refractivity contribution in [1.29, 1.82) is 0 Å². The Morgan fingerprint density at radius 3 is 2.65 bits per heavy atom. The van der Waals surface area contributed by atoms with Crippen molar-refractivity contribution in [1.82, 2.24) is 0 Å². The lowest BCUT2D eigenvalue weighted by Crippen LogP contribution is -2.35. The number of rotatable bonds is 3. The second-order valence-electron chi connectivity index (χ2n) is 4.15. The smallest absolute Gasteiger partial charge is 0.184 e. The second kappa shape index (κ2) is 5.29. The van der Waals surface area contributed by atoms with E-state index in [0.717, 1.165) is 17.6 Å². The first-order valence-electron chi connectivity index (χ1n) is 5.61. The van der Waals surface area contributed by atoms with Gasteiger partial charge in [0.15, 0.2) is 6.29 Å².